The minimum atomic E-state index is -0.301. The van der Waals surface area contributed by atoms with E-state index in [1.807, 2.05) is 43.3 Å². The van der Waals surface area contributed by atoms with Crippen molar-refractivity contribution in [3.63, 3.8) is 0 Å². The van der Waals surface area contributed by atoms with Crippen molar-refractivity contribution in [3.8, 4) is 17.2 Å². The van der Waals surface area contributed by atoms with Gasteiger partial charge < -0.3 is 14.2 Å². The van der Waals surface area contributed by atoms with E-state index in [0.29, 0.717) is 30.3 Å². The zero-order chi connectivity index (χ0) is 24.5. The highest BCUT2D eigenvalue weighted by Crippen LogP contribution is 2.29. The second-order valence-corrected chi connectivity index (χ2v) is 7.91. The van der Waals surface area contributed by atoms with Gasteiger partial charge in [-0.05, 0) is 70.8 Å². The molecule has 0 aliphatic carbocycles. The van der Waals surface area contributed by atoms with E-state index in [1.54, 1.807) is 37.6 Å². The summed E-state index contributed by atoms with van der Waals surface area (Å²) >= 11 is 0. The van der Waals surface area contributed by atoms with E-state index in [1.165, 1.54) is 5.39 Å². The van der Waals surface area contributed by atoms with Crippen LogP contribution in [0.15, 0.2) is 90.0 Å². The maximum absolute atomic E-state index is 12.3. The van der Waals surface area contributed by atoms with Crippen LogP contribution in [0.5, 0.6) is 17.2 Å². The van der Waals surface area contributed by atoms with Crippen molar-refractivity contribution in [1.82, 2.24) is 5.43 Å². The number of benzene rings is 4. The van der Waals surface area contributed by atoms with E-state index >= 15 is 0 Å². The van der Waals surface area contributed by atoms with Crippen LogP contribution in [0, 0.1) is 0 Å². The van der Waals surface area contributed by atoms with Crippen LogP contribution < -0.4 is 19.6 Å². The Bertz CT molecular complexity index is 1310. The SMILES string of the molecule is CCCOc1ccc(C(=O)N/N=C\c2ccc(OCc3cccc4ccccc34)c(OC)c2)cc1. The summed E-state index contributed by atoms with van der Waals surface area (Å²) in [6, 6.07) is 26.9. The minimum Gasteiger partial charge on any atom is -0.494 e. The van der Waals surface area contributed by atoms with Crippen LogP contribution in [-0.4, -0.2) is 25.8 Å². The summed E-state index contributed by atoms with van der Waals surface area (Å²) in [6.45, 7) is 3.11. The summed E-state index contributed by atoms with van der Waals surface area (Å²) < 4.78 is 17.1. The van der Waals surface area contributed by atoms with Crippen LogP contribution in [-0.2, 0) is 6.61 Å². The smallest absolute Gasteiger partial charge is 0.271 e. The molecule has 178 valence electrons. The first kappa shape index (κ1) is 23.8. The lowest BCUT2D eigenvalue weighted by atomic mass is 10.1. The van der Waals surface area contributed by atoms with E-state index in [-0.39, 0.29) is 5.91 Å². The first-order valence-corrected chi connectivity index (χ1v) is 11.5. The van der Waals surface area contributed by atoms with Crippen LogP contribution in [0.4, 0.5) is 0 Å². The molecule has 6 heteroatoms. The third-order valence-electron chi connectivity index (χ3n) is 5.42. The summed E-state index contributed by atoms with van der Waals surface area (Å²) in [7, 11) is 1.59. The topological polar surface area (TPSA) is 69.2 Å². The number of ether oxygens (including phenoxy) is 3. The fourth-order valence-corrected chi connectivity index (χ4v) is 3.61. The van der Waals surface area contributed by atoms with Crippen LogP contribution >= 0.6 is 0 Å². The number of fused-ring (bicyclic) bond motifs is 1. The first-order valence-electron chi connectivity index (χ1n) is 11.5. The molecular formula is C29H28N2O4. The van der Waals surface area contributed by atoms with Gasteiger partial charge in [-0.25, -0.2) is 5.43 Å². The molecule has 35 heavy (non-hydrogen) atoms. The van der Waals surface area contributed by atoms with E-state index in [4.69, 9.17) is 14.2 Å². The number of hydrogen-bond acceptors (Lipinski definition) is 5. The van der Waals surface area contributed by atoms with E-state index in [2.05, 4.69) is 34.8 Å². The molecule has 0 radical (unpaired) electrons. The van der Waals surface area contributed by atoms with Crippen LogP contribution in [0.1, 0.15) is 34.8 Å². The second kappa shape index (κ2) is 11.7. The molecule has 0 heterocycles. The molecule has 0 fully saturated rings. The molecule has 4 aromatic rings. The van der Waals surface area contributed by atoms with Gasteiger partial charge in [-0.3, -0.25) is 4.79 Å². The standard InChI is InChI=1S/C29H28N2O4/c1-3-17-34-25-14-12-23(13-15-25)29(32)31-30-19-21-11-16-27(28(18-21)33-2)35-20-24-9-6-8-22-7-4-5-10-26(22)24/h4-16,18-19H,3,17,20H2,1-2H3,(H,31,32)/b30-19-. The van der Waals surface area contributed by atoms with Gasteiger partial charge in [0.25, 0.3) is 5.91 Å². The van der Waals surface area contributed by atoms with Crippen LogP contribution in [0.3, 0.4) is 0 Å². The maximum Gasteiger partial charge on any atom is 0.271 e. The lowest BCUT2D eigenvalue weighted by Gasteiger charge is -2.12. The number of amides is 1. The Balaban J connectivity index is 1.37. The van der Waals surface area contributed by atoms with E-state index < -0.39 is 0 Å². The normalized spacial score (nSPS) is 10.9. The molecule has 0 aliphatic rings. The molecule has 4 aromatic carbocycles. The zero-order valence-electron chi connectivity index (χ0n) is 19.9. The van der Waals surface area contributed by atoms with Gasteiger partial charge in [0, 0.05) is 5.56 Å². The van der Waals surface area contributed by atoms with E-state index in [0.717, 1.165) is 28.7 Å². The van der Waals surface area contributed by atoms with Gasteiger partial charge in [-0.1, -0.05) is 49.4 Å². The molecule has 0 aliphatic heterocycles. The average molecular weight is 469 g/mol. The Hall–Kier alpha value is -4.32. The summed E-state index contributed by atoms with van der Waals surface area (Å²) in [4.78, 5) is 12.3. The van der Waals surface area contributed by atoms with Gasteiger partial charge in [0.1, 0.15) is 12.4 Å². The average Bonchev–Trinajstić information content (AvgIpc) is 2.91. The van der Waals surface area contributed by atoms with Gasteiger partial charge in [-0.15, -0.1) is 0 Å². The molecule has 0 saturated heterocycles. The predicted molar refractivity (Wildman–Crippen MR) is 139 cm³/mol. The number of carbonyl (C=O) groups excluding carboxylic acids is 1. The predicted octanol–water partition coefficient (Wildman–Crippen LogP) is 5.98. The largest absolute Gasteiger partial charge is 0.494 e. The van der Waals surface area contributed by atoms with E-state index in [9.17, 15) is 4.79 Å². The number of rotatable bonds is 10. The molecule has 1 amide bonds. The first-order chi connectivity index (χ1) is 17.2. The minimum absolute atomic E-state index is 0.301. The number of nitrogens with one attached hydrogen (secondary N) is 1. The number of nitrogens with zero attached hydrogens (tertiary/aromatic N) is 1. The molecule has 0 spiro atoms. The monoisotopic (exact) mass is 468 g/mol. The highest BCUT2D eigenvalue weighted by Gasteiger charge is 2.08. The van der Waals surface area contributed by atoms with Crippen molar-refractivity contribution in [2.24, 2.45) is 5.10 Å². The molecule has 0 saturated carbocycles. The van der Waals surface area contributed by atoms with Crippen molar-refractivity contribution in [3.05, 3.63) is 102 Å². The lowest BCUT2D eigenvalue weighted by Crippen LogP contribution is -2.17. The Morgan fingerprint density at radius 3 is 2.51 bits per heavy atom. The Labute approximate surface area is 205 Å². The highest BCUT2D eigenvalue weighted by atomic mass is 16.5. The lowest BCUT2D eigenvalue weighted by molar-refractivity contribution is 0.0955. The second-order valence-electron chi connectivity index (χ2n) is 7.91. The molecule has 0 aromatic heterocycles. The Kier molecular flexibility index (Phi) is 7.96. The molecule has 4 rings (SSSR count). The third-order valence-corrected chi connectivity index (χ3v) is 5.42. The van der Waals surface area contributed by atoms with Crippen molar-refractivity contribution < 1.29 is 19.0 Å². The van der Waals surface area contributed by atoms with Gasteiger partial charge in [0.05, 0.1) is 19.9 Å². The fraction of sp³-hybridized carbons (Fsp3) is 0.172. The molecule has 1 N–H and O–H groups in total. The number of hydrazone groups is 1. The Morgan fingerprint density at radius 1 is 0.914 bits per heavy atom. The van der Waals surface area contributed by atoms with Gasteiger partial charge in [0.2, 0.25) is 0 Å². The molecular weight excluding hydrogens is 440 g/mol. The summed E-state index contributed by atoms with van der Waals surface area (Å²) in [5.41, 5.74) is 4.91. The number of methoxy groups -OCH3 is 1. The summed E-state index contributed by atoms with van der Waals surface area (Å²) in [6.07, 6.45) is 2.49. The van der Waals surface area contributed by atoms with Crippen molar-refractivity contribution in [1.29, 1.82) is 0 Å². The zero-order valence-corrected chi connectivity index (χ0v) is 19.9. The number of hydrogen-bond donors (Lipinski definition) is 1. The van der Waals surface area contributed by atoms with Gasteiger partial charge >= 0.3 is 0 Å². The fourth-order valence-electron chi connectivity index (χ4n) is 3.61. The Morgan fingerprint density at radius 2 is 1.71 bits per heavy atom. The quantitative estimate of drug-likeness (QED) is 0.230. The van der Waals surface area contributed by atoms with Gasteiger partial charge in [0.15, 0.2) is 11.5 Å². The summed E-state index contributed by atoms with van der Waals surface area (Å²) in [5, 5.41) is 6.41. The van der Waals surface area contributed by atoms with Crippen LogP contribution in [0.25, 0.3) is 10.8 Å². The van der Waals surface area contributed by atoms with Crippen molar-refractivity contribution in [2.75, 3.05) is 13.7 Å². The summed E-state index contributed by atoms with van der Waals surface area (Å²) in [5.74, 6) is 1.65. The molecule has 0 atom stereocenters. The molecule has 0 bridgehead atoms. The molecule has 0 unspecified atom stereocenters. The van der Waals surface area contributed by atoms with Gasteiger partial charge in [-0.2, -0.15) is 5.10 Å². The van der Waals surface area contributed by atoms with Crippen molar-refractivity contribution >= 4 is 22.9 Å². The van der Waals surface area contributed by atoms with Crippen LogP contribution in [0.2, 0.25) is 0 Å². The third kappa shape index (κ3) is 6.18. The maximum atomic E-state index is 12.3. The van der Waals surface area contributed by atoms with Crippen molar-refractivity contribution in [2.45, 2.75) is 20.0 Å². The highest BCUT2D eigenvalue weighted by molar-refractivity contribution is 5.95. The number of carbonyl (C=O) groups is 1. The molecule has 6 nitrogen and oxygen atoms in total.